The van der Waals surface area contributed by atoms with Gasteiger partial charge in [0.1, 0.15) is 9.97 Å². The normalized spacial score (nSPS) is 17.1. The van der Waals surface area contributed by atoms with Crippen LogP contribution in [0.25, 0.3) is 0 Å². The number of hydrogen-bond acceptors (Lipinski definition) is 6. The molecule has 2 aromatic heterocycles. The van der Waals surface area contributed by atoms with E-state index in [2.05, 4.69) is 10.5 Å². The molecule has 0 aliphatic carbocycles. The summed E-state index contributed by atoms with van der Waals surface area (Å²) in [6, 6.07) is 4.71. The molecule has 10 heteroatoms. The zero-order valence-electron chi connectivity index (χ0n) is 12.9. The van der Waals surface area contributed by atoms with Crippen molar-refractivity contribution in [2.45, 2.75) is 24.0 Å². The lowest BCUT2D eigenvalue weighted by molar-refractivity contribution is -0.120. The van der Waals surface area contributed by atoms with Crippen LogP contribution in [0.3, 0.4) is 0 Å². The van der Waals surface area contributed by atoms with Crippen LogP contribution < -0.4 is 5.32 Å². The molecule has 3 rings (SSSR count). The van der Waals surface area contributed by atoms with Crippen molar-refractivity contribution in [3.63, 3.8) is 0 Å². The first-order valence-corrected chi connectivity index (χ1v) is 9.99. The first kappa shape index (κ1) is 17.4. The van der Waals surface area contributed by atoms with Crippen LogP contribution in [0.1, 0.15) is 18.6 Å². The summed E-state index contributed by atoms with van der Waals surface area (Å²) in [6.45, 7) is 2.34. The Kier molecular flexibility index (Phi) is 4.95. The van der Waals surface area contributed by atoms with Crippen LogP contribution in [-0.2, 0) is 14.8 Å². The minimum absolute atomic E-state index is 0.167. The van der Waals surface area contributed by atoms with E-state index >= 15 is 0 Å². The Morgan fingerprint density at radius 1 is 1.42 bits per heavy atom. The first-order chi connectivity index (χ1) is 11.4. The number of aromatic nitrogens is 1. The van der Waals surface area contributed by atoms with Crippen LogP contribution in [0, 0.1) is 12.8 Å². The number of rotatable bonds is 4. The van der Waals surface area contributed by atoms with Gasteiger partial charge in [-0.25, -0.2) is 8.42 Å². The largest absolute Gasteiger partial charge is 0.360 e. The third-order valence-corrected chi connectivity index (χ3v) is 7.44. The molecule has 24 heavy (non-hydrogen) atoms. The summed E-state index contributed by atoms with van der Waals surface area (Å²) in [5, 5.41) is 6.42. The molecule has 0 saturated carbocycles. The number of sulfonamides is 1. The van der Waals surface area contributed by atoms with Crippen LogP contribution in [0.2, 0.25) is 4.34 Å². The van der Waals surface area contributed by atoms with E-state index in [0.29, 0.717) is 41.8 Å². The van der Waals surface area contributed by atoms with Gasteiger partial charge in [0.2, 0.25) is 5.91 Å². The molecule has 7 nitrogen and oxygen atoms in total. The third-order valence-electron chi connectivity index (χ3n) is 3.85. The Balaban J connectivity index is 1.60. The van der Waals surface area contributed by atoms with Crippen LogP contribution in [-0.4, -0.2) is 36.9 Å². The molecule has 1 N–H and O–H groups in total. The van der Waals surface area contributed by atoms with Crippen molar-refractivity contribution >= 4 is 44.7 Å². The maximum absolute atomic E-state index is 12.5. The van der Waals surface area contributed by atoms with Crippen LogP contribution in [0.15, 0.2) is 26.9 Å². The predicted octanol–water partition coefficient (Wildman–Crippen LogP) is 2.74. The minimum Gasteiger partial charge on any atom is -0.360 e. The number of nitrogens with zero attached hydrogens (tertiary/aromatic N) is 2. The Hall–Kier alpha value is -1.42. The van der Waals surface area contributed by atoms with E-state index in [1.165, 1.54) is 10.4 Å². The minimum atomic E-state index is -3.54. The van der Waals surface area contributed by atoms with E-state index in [1.807, 2.05) is 0 Å². The van der Waals surface area contributed by atoms with Gasteiger partial charge >= 0.3 is 0 Å². The first-order valence-electron chi connectivity index (χ1n) is 7.36. The summed E-state index contributed by atoms with van der Waals surface area (Å²) in [7, 11) is -3.54. The number of aryl methyl sites for hydroxylation is 1. The van der Waals surface area contributed by atoms with Gasteiger partial charge in [0, 0.05) is 25.1 Å². The van der Waals surface area contributed by atoms with E-state index < -0.39 is 10.0 Å². The van der Waals surface area contributed by atoms with Crippen LogP contribution in [0.5, 0.6) is 0 Å². The van der Waals surface area contributed by atoms with Gasteiger partial charge in [0.15, 0.2) is 5.82 Å². The molecular formula is C14H16ClN3O4S2. The predicted molar refractivity (Wildman–Crippen MR) is 90.7 cm³/mol. The Morgan fingerprint density at radius 2 is 2.12 bits per heavy atom. The second kappa shape index (κ2) is 6.83. The SMILES string of the molecule is Cc1cc(NC(=O)C2CCN(S(=O)(=O)c3ccc(Cl)s3)CC2)no1. The van der Waals surface area contributed by atoms with Crippen molar-refractivity contribution in [3.05, 3.63) is 28.3 Å². The third kappa shape index (κ3) is 3.64. The number of amides is 1. The monoisotopic (exact) mass is 389 g/mol. The average Bonchev–Trinajstić information content (AvgIpc) is 3.16. The molecule has 0 aromatic carbocycles. The highest BCUT2D eigenvalue weighted by Gasteiger charge is 2.33. The summed E-state index contributed by atoms with van der Waals surface area (Å²) in [5.41, 5.74) is 0. The highest BCUT2D eigenvalue weighted by molar-refractivity contribution is 7.91. The Bertz CT molecular complexity index is 838. The Labute approximate surface area is 148 Å². The van der Waals surface area contributed by atoms with E-state index in [9.17, 15) is 13.2 Å². The molecule has 1 fully saturated rings. The maximum Gasteiger partial charge on any atom is 0.252 e. The number of carbonyl (C=O) groups is 1. The summed E-state index contributed by atoms with van der Waals surface area (Å²) < 4.78 is 32.0. The standard InChI is InChI=1S/C14H16ClN3O4S2/c1-9-8-12(17-22-9)16-14(19)10-4-6-18(7-5-10)24(20,21)13-3-2-11(15)23-13/h2-3,8,10H,4-7H2,1H3,(H,16,17,19). The number of thiophene rings is 1. The van der Waals surface area contributed by atoms with Crippen molar-refractivity contribution in [3.8, 4) is 0 Å². The summed E-state index contributed by atoms with van der Waals surface area (Å²) in [6.07, 6.45) is 0.919. The van der Waals surface area contributed by atoms with Gasteiger partial charge in [-0.3, -0.25) is 4.79 Å². The van der Waals surface area contributed by atoms with Gasteiger partial charge in [-0.2, -0.15) is 4.31 Å². The van der Waals surface area contributed by atoms with Crippen molar-refractivity contribution in [1.29, 1.82) is 0 Å². The zero-order valence-corrected chi connectivity index (χ0v) is 15.2. The van der Waals surface area contributed by atoms with Gasteiger partial charge in [-0.15, -0.1) is 11.3 Å². The molecule has 3 heterocycles. The fourth-order valence-electron chi connectivity index (χ4n) is 2.58. The summed E-state index contributed by atoms with van der Waals surface area (Å²) >= 11 is 6.86. The van der Waals surface area contributed by atoms with E-state index in [0.717, 1.165) is 11.3 Å². The number of piperidine rings is 1. The number of carbonyl (C=O) groups excluding carboxylic acids is 1. The molecule has 1 saturated heterocycles. The Morgan fingerprint density at radius 3 is 2.67 bits per heavy atom. The lowest BCUT2D eigenvalue weighted by atomic mass is 9.97. The molecule has 0 radical (unpaired) electrons. The van der Waals surface area contributed by atoms with Gasteiger partial charge in [-0.1, -0.05) is 16.8 Å². The molecule has 2 aromatic rings. The smallest absolute Gasteiger partial charge is 0.252 e. The van der Waals surface area contributed by atoms with E-state index in [-0.39, 0.29) is 16.0 Å². The lowest BCUT2D eigenvalue weighted by Gasteiger charge is -2.29. The molecule has 1 aliphatic rings. The number of anilines is 1. The van der Waals surface area contributed by atoms with Gasteiger partial charge in [0.05, 0.1) is 4.34 Å². The molecular weight excluding hydrogens is 374 g/mol. The van der Waals surface area contributed by atoms with Crippen LogP contribution >= 0.6 is 22.9 Å². The summed E-state index contributed by atoms with van der Waals surface area (Å²) in [5.74, 6) is 0.571. The number of hydrogen-bond donors (Lipinski definition) is 1. The van der Waals surface area contributed by atoms with Gasteiger partial charge < -0.3 is 9.84 Å². The maximum atomic E-state index is 12.5. The van der Waals surface area contributed by atoms with E-state index in [4.69, 9.17) is 16.1 Å². The lowest BCUT2D eigenvalue weighted by Crippen LogP contribution is -2.41. The zero-order chi connectivity index (χ0) is 17.3. The van der Waals surface area contributed by atoms with Crippen molar-refractivity contribution in [1.82, 2.24) is 9.46 Å². The van der Waals surface area contributed by atoms with Crippen molar-refractivity contribution in [2.75, 3.05) is 18.4 Å². The summed E-state index contributed by atoms with van der Waals surface area (Å²) in [4.78, 5) is 12.2. The van der Waals surface area contributed by atoms with E-state index in [1.54, 1.807) is 19.1 Å². The molecule has 130 valence electrons. The molecule has 1 amide bonds. The molecule has 0 spiro atoms. The van der Waals surface area contributed by atoms with Crippen molar-refractivity contribution < 1.29 is 17.7 Å². The second-order valence-electron chi connectivity index (χ2n) is 5.55. The van der Waals surface area contributed by atoms with Gasteiger partial charge in [-0.05, 0) is 31.9 Å². The fraction of sp³-hybridized carbons (Fsp3) is 0.429. The number of halogens is 1. The molecule has 0 bridgehead atoms. The second-order valence-corrected chi connectivity index (χ2v) is 9.43. The van der Waals surface area contributed by atoms with Crippen molar-refractivity contribution in [2.24, 2.45) is 5.92 Å². The highest BCUT2D eigenvalue weighted by Crippen LogP contribution is 2.30. The van der Waals surface area contributed by atoms with Crippen LogP contribution in [0.4, 0.5) is 5.82 Å². The average molecular weight is 390 g/mol. The molecule has 1 aliphatic heterocycles. The topological polar surface area (TPSA) is 92.5 Å². The highest BCUT2D eigenvalue weighted by atomic mass is 35.5. The fourth-order valence-corrected chi connectivity index (χ4v) is 5.68. The quantitative estimate of drug-likeness (QED) is 0.867. The number of nitrogens with one attached hydrogen (secondary N) is 1. The molecule has 0 atom stereocenters. The molecule has 0 unspecified atom stereocenters. The van der Waals surface area contributed by atoms with Gasteiger partial charge in [0.25, 0.3) is 10.0 Å².